The summed E-state index contributed by atoms with van der Waals surface area (Å²) in [6, 6.07) is 5.97. The van der Waals surface area contributed by atoms with Crippen LogP contribution in [-0.2, 0) is 6.42 Å². The van der Waals surface area contributed by atoms with Gasteiger partial charge in [-0.2, -0.15) is 0 Å². The van der Waals surface area contributed by atoms with E-state index < -0.39 is 0 Å². The maximum absolute atomic E-state index is 9.30. The van der Waals surface area contributed by atoms with E-state index in [2.05, 4.69) is 19.6 Å². The van der Waals surface area contributed by atoms with Crippen LogP contribution in [0.15, 0.2) is 24.8 Å². The molecule has 0 aliphatic carbocycles. The third-order valence-electron chi connectivity index (χ3n) is 2.28. The Morgan fingerprint density at radius 2 is 2.15 bits per heavy atom. The zero-order valence-corrected chi connectivity index (χ0v) is 8.30. The van der Waals surface area contributed by atoms with Gasteiger partial charge in [-0.25, -0.2) is 0 Å². The average molecular weight is 176 g/mol. The normalized spacial score (nSPS) is 10.0. The first-order valence-corrected chi connectivity index (χ1v) is 4.63. The standard InChI is InChI=1S/C12H16O/c1-4-6-11-7-5-8-12(9(11)2)10(3)13/h5,7-8,13H,3-4,6H2,1-2H3. The Bertz CT molecular complexity index is 313. The molecule has 0 aliphatic rings. The van der Waals surface area contributed by atoms with Crippen molar-refractivity contribution in [3.05, 3.63) is 41.5 Å². The van der Waals surface area contributed by atoms with E-state index in [0.29, 0.717) is 0 Å². The number of rotatable bonds is 3. The zero-order valence-electron chi connectivity index (χ0n) is 8.30. The van der Waals surface area contributed by atoms with E-state index in [1.165, 1.54) is 5.56 Å². The van der Waals surface area contributed by atoms with E-state index in [1.54, 1.807) is 0 Å². The van der Waals surface area contributed by atoms with Gasteiger partial charge in [-0.15, -0.1) is 0 Å². The molecule has 0 fully saturated rings. The largest absolute Gasteiger partial charge is 0.508 e. The highest BCUT2D eigenvalue weighted by molar-refractivity contribution is 5.60. The van der Waals surface area contributed by atoms with Crippen molar-refractivity contribution in [2.24, 2.45) is 0 Å². The predicted molar refractivity (Wildman–Crippen MR) is 56.8 cm³/mol. The molecule has 0 amide bonds. The lowest BCUT2D eigenvalue weighted by Crippen LogP contribution is -1.93. The summed E-state index contributed by atoms with van der Waals surface area (Å²) in [5.41, 5.74) is 3.32. The van der Waals surface area contributed by atoms with E-state index >= 15 is 0 Å². The highest BCUT2D eigenvalue weighted by atomic mass is 16.3. The first-order chi connectivity index (χ1) is 6.16. The summed E-state index contributed by atoms with van der Waals surface area (Å²) in [6.45, 7) is 7.73. The number of aliphatic hydroxyl groups is 1. The molecule has 1 N–H and O–H groups in total. The van der Waals surface area contributed by atoms with Crippen LogP contribution in [0.25, 0.3) is 5.76 Å². The topological polar surface area (TPSA) is 20.2 Å². The fourth-order valence-corrected chi connectivity index (χ4v) is 1.54. The third kappa shape index (κ3) is 2.11. The fourth-order valence-electron chi connectivity index (χ4n) is 1.54. The summed E-state index contributed by atoms with van der Waals surface area (Å²) >= 11 is 0. The molecule has 1 nitrogen and oxygen atoms in total. The van der Waals surface area contributed by atoms with Gasteiger partial charge in [0.15, 0.2) is 0 Å². The van der Waals surface area contributed by atoms with Gasteiger partial charge in [0.05, 0.1) is 0 Å². The summed E-state index contributed by atoms with van der Waals surface area (Å²) in [5, 5.41) is 9.30. The second-order valence-corrected chi connectivity index (χ2v) is 3.29. The summed E-state index contributed by atoms with van der Waals surface area (Å²) in [6.07, 6.45) is 2.19. The highest BCUT2D eigenvalue weighted by Gasteiger charge is 2.04. The molecule has 1 heteroatoms. The lowest BCUT2D eigenvalue weighted by Gasteiger charge is -2.08. The van der Waals surface area contributed by atoms with Gasteiger partial charge in [0, 0.05) is 5.56 Å². The van der Waals surface area contributed by atoms with Gasteiger partial charge in [0.1, 0.15) is 5.76 Å². The summed E-state index contributed by atoms with van der Waals surface area (Å²) in [4.78, 5) is 0. The van der Waals surface area contributed by atoms with E-state index in [4.69, 9.17) is 0 Å². The molecule has 1 rings (SSSR count). The van der Waals surface area contributed by atoms with Crippen molar-refractivity contribution in [1.82, 2.24) is 0 Å². The molecule has 13 heavy (non-hydrogen) atoms. The van der Waals surface area contributed by atoms with Gasteiger partial charge in [0.25, 0.3) is 0 Å². The van der Waals surface area contributed by atoms with Crippen molar-refractivity contribution in [3.8, 4) is 0 Å². The molecule has 0 saturated carbocycles. The molecule has 0 heterocycles. The molecule has 0 unspecified atom stereocenters. The first-order valence-electron chi connectivity index (χ1n) is 4.63. The number of hydrogen-bond donors (Lipinski definition) is 1. The van der Waals surface area contributed by atoms with Crippen LogP contribution >= 0.6 is 0 Å². The number of benzene rings is 1. The quantitative estimate of drug-likeness (QED) is 0.699. The molecule has 0 spiro atoms. The smallest absolute Gasteiger partial charge is 0.115 e. The number of aliphatic hydroxyl groups excluding tert-OH is 1. The number of aryl methyl sites for hydroxylation is 1. The molecule has 1 aromatic carbocycles. The van der Waals surface area contributed by atoms with E-state index in [0.717, 1.165) is 24.0 Å². The molecule has 0 saturated heterocycles. The van der Waals surface area contributed by atoms with Gasteiger partial charge in [-0.05, 0) is 24.5 Å². The summed E-state index contributed by atoms with van der Waals surface area (Å²) in [5.74, 6) is 0.162. The Balaban J connectivity index is 3.10. The van der Waals surface area contributed by atoms with Crippen LogP contribution in [0.5, 0.6) is 0 Å². The minimum atomic E-state index is 0.162. The van der Waals surface area contributed by atoms with Gasteiger partial charge < -0.3 is 5.11 Å². The Kier molecular flexibility index (Phi) is 3.13. The second kappa shape index (κ2) is 4.13. The first kappa shape index (κ1) is 9.85. The van der Waals surface area contributed by atoms with E-state index in [-0.39, 0.29) is 5.76 Å². The third-order valence-corrected chi connectivity index (χ3v) is 2.28. The predicted octanol–water partition coefficient (Wildman–Crippen LogP) is 3.48. The van der Waals surface area contributed by atoms with Crippen LogP contribution in [0.3, 0.4) is 0 Å². The average Bonchev–Trinajstić information content (AvgIpc) is 2.08. The van der Waals surface area contributed by atoms with Crippen LogP contribution < -0.4 is 0 Å². The zero-order chi connectivity index (χ0) is 9.84. The lowest BCUT2D eigenvalue weighted by molar-refractivity contribution is 0.513. The maximum atomic E-state index is 9.30. The summed E-state index contributed by atoms with van der Waals surface area (Å²) in [7, 11) is 0. The molecule has 0 radical (unpaired) electrons. The minimum Gasteiger partial charge on any atom is -0.508 e. The van der Waals surface area contributed by atoms with Gasteiger partial charge in [-0.3, -0.25) is 0 Å². The van der Waals surface area contributed by atoms with Crippen LogP contribution in [0.4, 0.5) is 0 Å². The molecule has 70 valence electrons. The highest BCUT2D eigenvalue weighted by Crippen LogP contribution is 2.19. The molecule has 0 aromatic heterocycles. The van der Waals surface area contributed by atoms with E-state index in [1.807, 2.05) is 19.1 Å². The lowest BCUT2D eigenvalue weighted by atomic mass is 9.98. The monoisotopic (exact) mass is 176 g/mol. The Morgan fingerprint density at radius 1 is 1.46 bits per heavy atom. The minimum absolute atomic E-state index is 0.162. The van der Waals surface area contributed by atoms with Crippen LogP contribution in [0.2, 0.25) is 0 Å². The van der Waals surface area contributed by atoms with Crippen molar-refractivity contribution in [1.29, 1.82) is 0 Å². The molecule has 1 aromatic rings. The molecule has 0 bridgehead atoms. The molecule has 0 aliphatic heterocycles. The molecular weight excluding hydrogens is 160 g/mol. The van der Waals surface area contributed by atoms with Crippen molar-refractivity contribution in [2.45, 2.75) is 26.7 Å². The SMILES string of the molecule is C=C(O)c1cccc(CCC)c1C. The van der Waals surface area contributed by atoms with Crippen LogP contribution in [0, 0.1) is 6.92 Å². The van der Waals surface area contributed by atoms with E-state index in [9.17, 15) is 5.11 Å². The Morgan fingerprint density at radius 3 is 2.69 bits per heavy atom. The second-order valence-electron chi connectivity index (χ2n) is 3.29. The Hall–Kier alpha value is -1.24. The summed E-state index contributed by atoms with van der Waals surface area (Å²) < 4.78 is 0. The fraction of sp³-hybridized carbons (Fsp3) is 0.333. The Labute approximate surface area is 79.7 Å². The van der Waals surface area contributed by atoms with Crippen molar-refractivity contribution < 1.29 is 5.11 Å². The molecular formula is C12H16O. The van der Waals surface area contributed by atoms with Crippen molar-refractivity contribution >= 4 is 5.76 Å². The van der Waals surface area contributed by atoms with Crippen LogP contribution in [0.1, 0.15) is 30.0 Å². The van der Waals surface area contributed by atoms with Gasteiger partial charge in [0.2, 0.25) is 0 Å². The van der Waals surface area contributed by atoms with Crippen molar-refractivity contribution in [3.63, 3.8) is 0 Å². The van der Waals surface area contributed by atoms with Crippen LogP contribution in [-0.4, -0.2) is 5.11 Å². The maximum Gasteiger partial charge on any atom is 0.115 e. The van der Waals surface area contributed by atoms with Crippen molar-refractivity contribution in [2.75, 3.05) is 0 Å². The van der Waals surface area contributed by atoms with Gasteiger partial charge in [-0.1, -0.05) is 38.1 Å². The number of hydrogen-bond acceptors (Lipinski definition) is 1. The van der Waals surface area contributed by atoms with Gasteiger partial charge >= 0.3 is 0 Å². The molecule has 0 atom stereocenters.